The molecule has 0 aromatic carbocycles. The summed E-state index contributed by atoms with van der Waals surface area (Å²) in [6, 6.07) is 0. The Morgan fingerprint density at radius 3 is 2.12 bits per heavy atom. The van der Waals surface area contributed by atoms with Crippen LogP contribution in [0.2, 0.25) is 0 Å². The van der Waals surface area contributed by atoms with Gasteiger partial charge in [-0.2, -0.15) is 0 Å². The van der Waals surface area contributed by atoms with Crippen LogP contribution in [0, 0.1) is 0 Å². The molecule has 5 heterocycles. The molecule has 5 rings (SSSR count). The van der Waals surface area contributed by atoms with E-state index in [9.17, 15) is 4.57 Å². The van der Waals surface area contributed by atoms with Gasteiger partial charge in [-0.1, -0.05) is 0 Å². The number of hydrogen-bond donors (Lipinski definition) is 0. The molecule has 9 nitrogen and oxygen atoms in total. The van der Waals surface area contributed by atoms with E-state index in [0.29, 0.717) is 6.61 Å². The van der Waals surface area contributed by atoms with Crippen molar-refractivity contribution in [2.75, 3.05) is 32.8 Å². The standard InChI is InChI=1S/C16H27N2O7P/c1-15(2)20-9-10(22-15)11-12(13-14(21-11)24-16(3,4)23-13)25-26(19,17-5-6-17)18-7-8-18/h10-14H,5-9H2,1-4H3. The van der Waals surface area contributed by atoms with Crippen LogP contribution in [0.15, 0.2) is 0 Å². The van der Waals surface area contributed by atoms with Gasteiger partial charge in [-0.25, -0.2) is 9.34 Å². The molecule has 5 aliphatic rings. The summed E-state index contributed by atoms with van der Waals surface area (Å²) in [7, 11) is -3.04. The zero-order valence-corrected chi connectivity index (χ0v) is 16.5. The highest BCUT2D eigenvalue weighted by atomic mass is 31.2. The van der Waals surface area contributed by atoms with Gasteiger partial charge in [-0.05, 0) is 27.7 Å². The van der Waals surface area contributed by atoms with Crippen LogP contribution in [0.1, 0.15) is 27.7 Å². The predicted molar refractivity (Wildman–Crippen MR) is 89.2 cm³/mol. The van der Waals surface area contributed by atoms with Gasteiger partial charge in [0.25, 0.3) is 0 Å². The van der Waals surface area contributed by atoms with Gasteiger partial charge in [0.15, 0.2) is 17.9 Å². The molecule has 10 heteroatoms. The minimum Gasteiger partial charge on any atom is -0.348 e. The van der Waals surface area contributed by atoms with Gasteiger partial charge in [0.1, 0.15) is 24.4 Å². The molecule has 0 aromatic heterocycles. The molecule has 0 radical (unpaired) electrons. The summed E-state index contributed by atoms with van der Waals surface area (Å²) in [5.74, 6) is -1.45. The van der Waals surface area contributed by atoms with Crippen LogP contribution in [0.4, 0.5) is 0 Å². The molecule has 0 amide bonds. The van der Waals surface area contributed by atoms with Crippen LogP contribution in [0.5, 0.6) is 0 Å². The Morgan fingerprint density at radius 2 is 1.58 bits per heavy atom. The van der Waals surface area contributed by atoms with Crippen molar-refractivity contribution in [2.45, 2.75) is 70.0 Å². The molecule has 0 spiro atoms. The molecular weight excluding hydrogens is 363 g/mol. The topological polar surface area (TPSA) is 78.5 Å². The Labute approximate surface area is 153 Å². The van der Waals surface area contributed by atoms with Crippen molar-refractivity contribution in [1.82, 2.24) is 9.34 Å². The lowest BCUT2D eigenvalue weighted by molar-refractivity contribution is -0.230. The fourth-order valence-corrected chi connectivity index (χ4v) is 6.24. The molecule has 26 heavy (non-hydrogen) atoms. The van der Waals surface area contributed by atoms with E-state index < -0.39 is 43.8 Å². The maximum absolute atomic E-state index is 13.5. The summed E-state index contributed by atoms with van der Waals surface area (Å²) < 4.78 is 53.3. The number of ether oxygens (including phenoxy) is 5. The Hall–Kier alpha value is -0.0900. The maximum Gasteiger partial charge on any atom is 0.346 e. The lowest BCUT2D eigenvalue weighted by Gasteiger charge is -2.31. The van der Waals surface area contributed by atoms with E-state index in [4.69, 9.17) is 28.2 Å². The van der Waals surface area contributed by atoms with Crippen LogP contribution < -0.4 is 0 Å². The van der Waals surface area contributed by atoms with E-state index in [0.717, 1.165) is 26.2 Å². The molecular formula is C16H27N2O7P. The smallest absolute Gasteiger partial charge is 0.346 e. The van der Waals surface area contributed by atoms with Crippen molar-refractivity contribution in [1.29, 1.82) is 0 Å². The van der Waals surface area contributed by atoms with Crippen LogP contribution >= 0.6 is 7.67 Å². The Morgan fingerprint density at radius 1 is 0.923 bits per heavy atom. The van der Waals surface area contributed by atoms with E-state index >= 15 is 0 Å². The Bertz CT molecular complexity index is 620. The molecule has 0 N–H and O–H groups in total. The summed E-state index contributed by atoms with van der Waals surface area (Å²) >= 11 is 0. The maximum atomic E-state index is 13.5. The van der Waals surface area contributed by atoms with Gasteiger partial charge in [0.05, 0.1) is 6.61 Å². The molecule has 5 saturated heterocycles. The lowest BCUT2D eigenvalue weighted by atomic mass is 10.1. The van der Waals surface area contributed by atoms with Gasteiger partial charge in [-0.3, -0.25) is 9.09 Å². The Balaban J connectivity index is 1.41. The zero-order valence-electron chi connectivity index (χ0n) is 15.6. The molecule has 0 aromatic rings. The van der Waals surface area contributed by atoms with Crippen molar-refractivity contribution in [3.63, 3.8) is 0 Å². The third-order valence-electron chi connectivity index (χ3n) is 5.24. The first kappa shape index (κ1) is 18.0. The average Bonchev–Trinajstić information content (AvgIpc) is 3.43. The van der Waals surface area contributed by atoms with Crippen LogP contribution in [0.25, 0.3) is 0 Å². The number of rotatable bonds is 5. The highest BCUT2D eigenvalue weighted by Crippen LogP contribution is 2.63. The average molecular weight is 390 g/mol. The van der Waals surface area contributed by atoms with E-state index in [1.807, 2.05) is 37.0 Å². The van der Waals surface area contributed by atoms with E-state index in [1.54, 1.807) is 0 Å². The zero-order chi connectivity index (χ0) is 18.3. The molecule has 5 atom stereocenters. The second kappa shape index (κ2) is 5.72. The number of fused-ring (bicyclic) bond motifs is 1. The summed E-state index contributed by atoms with van der Waals surface area (Å²) in [6.45, 7) is 11.0. The second-order valence-electron chi connectivity index (χ2n) is 8.40. The molecule has 0 saturated carbocycles. The monoisotopic (exact) mass is 390 g/mol. The third kappa shape index (κ3) is 3.07. The lowest BCUT2D eigenvalue weighted by Crippen LogP contribution is -2.44. The van der Waals surface area contributed by atoms with E-state index in [1.165, 1.54) is 0 Å². The second-order valence-corrected chi connectivity index (χ2v) is 10.7. The minimum atomic E-state index is -3.04. The minimum absolute atomic E-state index is 0.326. The SMILES string of the molecule is CC1(C)OCC(C2OC3OC(C)(C)OC3C2OP(=O)(N2CC2)N2CC2)O1. The van der Waals surface area contributed by atoms with Crippen molar-refractivity contribution >= 4 is 7.67 Å². The summed E-state index contributed by atoms with van der Waals surface area (Å²) in [6.07, 6.45) is -2.35. The molecule has 5 aliphatic heterocycles. The van der Waals surface area contributed by atoms with Gasteiger partial charge in [-0.15, -0.1) is 0 Å². The van der Waals surface area contributed by atoms with Crippen molar-refractivity contribution < 1.29 is 32.8 Å². The predicted octanol–water partition coefficient (Wildman–Crippen LogP) is 1.14. The van der Waals surface area contributed by atoms with E-state index in [2.05, 4.69) is 0 Å². The van der Waals surface area contributed by atoms with Gasteiger partial charge in [0.2, 0.25) is 0 Å². The summed E-state index contributed by atoms with van der Waals surface area (Å²) in [4.78, 5) is 0. The van der Waals surface area contributed by atoms with Crippen molar-refractivity contribution in [3.8, 4) is 0 Å². The summed E-state index contributed by atoms with van der Waals surface area (Å²) in [5.41, 5.74) is 0. The Kier molecular flexibility index (Phi) is 3.95. The summed E-state index contributed by atoms with van der Waals surface area (Å²) in [5, 5.41) is 0. The number of hydrogen-bond acceptors (Lipinski definition) is 7. The first-order valence-corrected chi connectivity index (χ1v) is 10.8. The normalized spacial score (nSPS) is 44.4. The highest BCUT2D eigenvalue weighted by Gasteiger charge is 2.62. The first-order valence-electron chi connectivity index (χ1n) is 9.29. The van der Waals surface area contributed by atoms with Gasteiger partial charge >= 0.3 is 7.67 Å². The molecule has 5 unspecified atom stereocenters. The first-order chi connectivity index (χ1) is 12.2. The van der Waals surface area contributed by atoms with E-state index in [-0.39, 0.29) is 6.10 Å². The van der Waals surface area contributed by atoms with Crippen LogP contribution in [-0.2, 0) is 32.8 Å². The van der Waals surface area contributed by atoms with Gasteiger partial charge < -0.3 is 23.7 Å². The van der Waals surface area contributed by atoms with Gasteiger partial charge in [0, 0.05) is 26.2 Å². The third-order valence-corrected chi connectivity index (χ3v) is 7.99. The molecule has 0 aliphatic carbocycles. The fourth-order valence-electron chi connectivity index (χ4n) is 3.87. The molecule has 5 fully saturated rings. The molecule has 148 valence electrons. The number of nitrogens with zero attached hydrogens (tertiary/aromatic N) is 2. The van der Waals surface area contributed by atoms with Crippen LogP contribution in [0.3, 0.4) is 0 Å². The van der Waals surface area contributed by atoms with Crippen LogP contribution in [-0.4, -0.2) is 84.4 Å². The van der Waals surface area contributed by atoms with Crippen molar-refractivity contribution in [3.05, 3.63) is 0 Å². The fraction of sp³-hybridized carbons (Fsp3) is 1.00. The molecule has 0 bridgehead atoms. The van der Waals surface area contributed by atoms with Crippen molar-refractivity contribution in [2.24, 2.45) is 0 Å². The highest BCUT2D eigenvalue weighted by molar-refractivity contribution is 7.54. The quantitative estimate of drug-likeness (QED) is 0.507. The largest absolute Gasteiger partial charge is 0.348 e.